The maximum Gasteiger partial charge on any atom is 0.251 e. The van der Waals surface area contributed by atoms with Crippen molar-refractivity contribution in [1.82, 2.24) is 15.6 Å². The molecule has 0 saturated carbocycles. The van der Waals surface area contributed by atoms with Crippen LogP contribution in [-0.2, 0) is 4.79 Å². The van der Waals surface area contributed by atoms with E-state index in [4.69, 9.17) is 0 Å². The van der Waals surface area contributed by atoms with Gasteiger partial charge < -0.3 is 10.6 Å². The normalized spacial score (nSPS) is 11.2. The van der Waals surface area contributed by atoms with Crippen LogP contribution in [0.1, 0.15) is 44.5 Å². The molecule has 0 fully saturated rings. The Morgan fingerprint density at radius 1 is 1.25 bits per heavy atom. The summed E-state index contributed by atoms with van der Waals surface area (Å²) in [6, 6.07) is 3.21. The fourth-order valence-corrected chi connectivity index (χ4v) is 2.26. The first-order valence-electron chi connectivity index (χ1n) is 6.79. The van der Waals surface area contributed by atoms with E-state index in [-0.39, 0.29) is 23.9 Å². The van der Waals surface area contributed by atoms with E-state index in [9.17, 15) is 9.59 Å². The minimum Gasteiger partial charge on any atom is -0.350 e. The lowest BCUT2D eigenvalue weighted by Crippen LogP contribution is -2.48. The van der Waals surface area contributed by atoms with E-state index in [1.54, 1.807) is 24.5 Å². The van der Waals surface area contributed by atoms with Crippen LogP contribution in [0.25, 0.3) is 0 Å². The molecule has 2 amide bonds. The second-order valence-corrected chi connectivity index (χ2v) is 5.95. The quantitative estimate of drug-likeness (QED) is 0.832. The van der Waals surface area contributed by atoms with E-state index >= 15 is 0 Å². The second kappa shape index (κ2) is 7.03. The average Bonchev–Trinajstić information content (AvgIpc) is 2.34. The molecule has 1 aromatic heterocycles. The SMILES string of the molecule is CC(C)CC(C)(C)NC(=O)CNC(=O)c1ccncc1. The number of hydrogen-bond donors (Lipinski definition) is 2. The van der Waals surface area contributed by atoms with Gasteiger partial charge in [0, 0.05) is 23.5 Å². The molecule has 0 saturated heterocycles. The highest BCUT2D eigenvalue weighted by Crippen LogP contribution is 2.15. The molecule has 20 heavy (non-hydrogen) atoms. The van der Waals surface area contributed by atoms with E-state index in [0.29, 0.717) is 11.5 Å². The van der Waals surface area contributed by atoms with Crippen LogP contribution in [0.15, 0.2) is 24.5 Å². The molecule has 0 atom stereocenters. The molecule has 1 rings (SSSR count). The van der Waals surface area contributed by atoms with Gasteiger partial charge in [-0.15, -0.1) is 0 Å². The van der Waals surface area contributed by atoms with E-state index in [1.807, 2.05) is 13.8 Å². The van der Waals surface area contributed by atoms with Gasteiger partial charge in [0.1, 0.15) is 0 Å². The fourth-order valence-electron chi connectivity index (χ4n) is 2.26. The number of nitrogens with one attached hydrogen (secondary N) is 2. The number of rotatable bonds is 6. The van der Waals surface area contributed by atoms with Crippen LogP contribution < -0.4 is 10.6 Å². The molecule has 0 aliphatic rings. The van der Waals surface area contributed by atoms with Crippen LogP contribution in [0.2, 0.25) is 0 Å². The van der Waals surface area contributed by atoms with Crippen molar-refractivity contribution >= 4 is 11.8 Å². The Hall–Kier alpha value is -1.91. The Balaban J connectivity index is 2.42. The molecule has 0 aromatic carbocycles. The van der Waals surface area contributed by atoms with Crippen LogP contribution in [0.3, 0.4) is 0 Å². The zero-order chi connectivity index (χ0) is 15.2. The van der Waals surface area contributed by atoms with Crippen molar-refractivity contribution < 1.29 is 9.59 Å². The van der Waals surface area contributed by atoms with Crippen LogP contribution in [0.5, 0.6) is 0 Å². The number of nitrogens with zero attached hydrogens (tertiary/aromatic N) is 1. The van der Waals surface area contributed by atoms with Crippen LogP contribution in [-0.4, -0.2) is 28.9 Å². The van der Waals surface area contributed by atoms with Crippen molar-refractivity contribution in [3.05, 3.63) is 30.1 Å². The lowest BCUT2D eigenvalue weighted by Gasteiger charge is -2.28. The highest BCUT2D eigenvalue weighted by molar-refractivity contribution is 5.96. The van der Waals surface area contributed by atoms with E-state index in [1.165, 1.54) is 0 Å². The summed E-state index contributed by atoms with van der Waals surface area (Å²) in [6.07, 6.45) is 3.97. The largest absolute Gasteiger partial charge is 0.350 e. The smallest absolute Gasteiger partial charge is 0.251 e. The molecule has 1 heterocycles. The van der Waals surface area contributed by atoms with Crippen LogP contribution >= 0.6 is 0 Å². The Morgan fingerprint density at radius 3 is 2.40 bits per heavy atom. The summed E-state index contributed by atoms with van der Waals surface area (Å²) in [4.78, 5) is 27.5. The molecule has 110 valence electrons. The number of aromatic nitrogens is 1. The summed E-state index contributed by atoms with van der Waals surface area (Å²) >= 11 is 0. The van der Waals surface area contributed by atoms with Crippen molar-refractivity contribution in [2.24, 2.45) is 5.92 Å². The van der Waals surface area contributed by atoms with Crippen molar-refractivity contribution in [1.29, 1.82) is 0 Å². The highest BCUT2D eigenvalue weighted by Gasteiger charge is 2.21. The van der Waals surface area contributed by atoms with Gasteiger partial charge in [0.05, 0.1) is 6.54 Å². The number of amides is 2. The first-order chi connectivity index (χ1) is 9.30. The first kappa shape index (κ1) is 16.1. The maximum absolute atomic E-state index is 11.8. The van der Waals surface area contributed by atoms with Crippen molar-refractivity contribution in [2.75, 3.05) is 6.54 Å². The van der Waals surface area contributed by atoms with E-state index in [2.05, 4.69) is 29.5 Å². The molecule has 0 aliphatic heterocycles. The Kier molecular flexibility index (Phi) is 5.67. The number of carbonyl (C=O) groups is 2. The zero-order valence-corrected chi connectivity index (χ0v) is 12.6. The summed E-state index contributed by atoms with van der Waals surface area (Å²) in [6.45, 7) is 8.16. The van der Waals surface area contributed by atoms with Gasteiger partial charge in [-0.2, -0.15) is 0 Å². The number of hydrogen-bond acceptors (Lipinski definition) is 3. The van der Waals surface area contributed by atoms with Crippen molar-refractivity contribution in [3.8, 4) is 0 Å². The van der Waals surface area contributed by atoms with Crippen LogP contribution in [0.4, 0.5) is 0 Å². The zero-order valence-electron chi connectivity index (χ0n) is 12.6. The third-order valence-corrected chi connectivity index (χ3v) is 2.75. The molecule has 1 aromatic rings. The summed E-state index contributed by atoms with van der Waals surface area (Å²) < 4.78 is 0. The third-order valence-electron chi connectivity index (χ3n) is 2.75. The topological polar surface area (TPSA) is 71.1 Å². The van der Waals surface area contributed by atoms with Gasteiger partial charge in [-0.05, 0) is 38.3 Å². The van der Waals surface area contributed by atoms with Gasteiger partial charge in [-0.1, -0.05) is 13.8 Å². The maximum atomic E-state index is 11.8. The summed E-state index contributed by atoms with van der Waals surface area (Å²) in [5.74, 6) is 0.0407. The van der Waals surface area contributed by atoms with Crippen molar-refractivity contribution in [2.45, 2.75) is 39.7 Å². The lowest BCUT2D eigenvalue weighted by molar-refractivity contribution is -0.121. The molecule has 0 radical (unpaired) electrons. The number of carbonyl (C=O) groups excluding carboxylic acids is 2. The second-order valence-electron chi connectivity index (χ2n) is 5.95. The van der Waals surface area contributed by atoms with Gasteiger partial charge >= 0.3 is 0 Å². The van der Waals surface area contributed by atoms with Crippen molar-refractivity contribution in [3.63, 3.8) is 0 Å². The van der Waals surface area contributed by atoms with Gasteiger partial charge in [0.25, 0.3) is 5.91 Å². The fraction of sp³-hybridized carbons (Fsp3) is 0.533. The molecule has 2 N–H and O–H groups in total. The van der Waals surface area contributed by atoms with Gasteiger partial charge in [0.2, 0.25) is 5.91 Å². The van der Waals surface area contributed by atoms with Gasteiger partial charge in [-0.3, -0.25) is 14.6 Å². The molecule has 0 bridgehead atoms. The standard InChI is InChI=1S/C15H23N3O2/c1-11(2)9-15(3,4)18-13(19)10-17-14(20)12-5-7-16-8-6-12/h5-8,11H,9-10H2,1-4H3,(H,17,20)(H,18,19). The molecule has 5 nitrogen and oxygen atoms in total. The highest BCUT2D eigenvalue weighted by atomic mass is 16.2. The molecular formula is C15H23N3O2. The lowest BCUT2D eigenvalue weighted by atomic mass is 9.93. The molecule has 0 aliphatic carbocycles. The molecule has 0 unspecified atom stereocenters. The van der Waals surface area contributed by atoms with E-state index < -0.39 is 0 Å². The number of pyridine rings is 1. The molecule has 5 heteroatoms. The minimum absolute atomic E-state index is 0.0251. The average molecular weight is 277 g/mol. The van der Waals surface area contributed by atoms with Gasteiger partial charge in [-0.25, -0.2) is 0 Å². The summed E-state index contributed by atoms with van der Waals surface area (Å²) in [5.41, 5.74) is 0.223. The third kappa shape index (κ3) is 5.82. The first-order valence-corrected chi connectivity index (χ1v) is 6.79. The molecule has 0 spiro atoms. The molecular weight excluding hydrogens is 254 g/mol. The van der Waals surface area contributed by atoms with Gasteiger partial charge in [0.15, 0.2) is 0 Å². The summed E-state index contributed by atoms with van der Waals surface area (Å²) in [7, 11) is 0. The Labute approximate surface area is 120 Å². The van der Waals surface area contributed by atoms with Crippen LogP contribution in [0, 0.1) is 5.92 Å². The summed E-state index contributed by atoms with van der Waals surface area (Å²) in [5, 5.41) is 5.52. The Bertz CT molecular complexity index is 455. The minimum atomic E-state index is -0.274. The Morgan fingerprint density at radius 2 is 1.85 bits per heavy atom. The van der Waals surface area contributed by atoms with E-state index in [0.717, 1.165) is 6.42 Å². The predicted molar refractivity (Wildman–Crippen MR) is 78.2 cm³/mol. The predicted octanol–water partition coefficient (Wildman–Crippen LogP) is 1.75. The monoisotopic (exact) mass is 277 g/mol.